The number of nitrogens with one attached hydrogen (secondary N) is 1. The number of nitrogens with zero attached hydrogens (tertiary/aromatic N) is 2. The van der Waals surface area contributed by atoms with Gasteiger partial charge in [0.15, 0.2) is 5.13 Å². The molecule has 2 aromatic rings. The fraction of sp³-hybridized carbons (Fsp3) is 0.375. The Morgan fingerprint density at radius 2 is 2.36 bits per heavy atom. The number of rotatable bonds is 1. The minimum atomic E-state index is -0.178. The Morgan fingerprint density at radius 1 is 1.50 bits per heavy atom. The van der Waals surface area contributed by atoms with Gasteiger partial charge >= 0.3 is 6.03 Å². The van der Waals surface area contributed by atoms with E-state index >= 15 is 0 Å². The van der Waals surface area contributed by atoms with Crippen LogP contribution in [-0.4, -0.2) is 29.7 Å². The predicted molar refractivity (Wildman–Crippen MR) is 86.5 cm³/mol. The van der Waals surface area contributed by atoms with Gasteiger partial charge in [0.2, 0.25) is 0 Å². The zero-order valence-corrected chi connectivity index (χ0v) is 13.2. The summed E-state index contributed by atoms with van der Waals surface area (Å²) in [4.78, 5) is 18.7. The first kappa shape index (κ1) is 13.4. The van der Waals surface area contributed by atoms with Crippen LogP contribution in [0.1, 0.15) is 19.4 Å². The molecule has 0 saturated carbocycles. The van der Waals surface area contributed by atoms with Gasteiger partial charge in [-0.1, -0.05) is 17.3 Å². The molecule has 0 bridgehead atoms. The number of carbonyl (C=O) groups excluding carboxylic acids is 1. The Balaban J connectivity index is 1.83. The number of thiazole rings is 1. The maximum Gasteiger partial charge on any atom is 0.325 e. The van der Waals surface area contributed by atoms with E-state index in [9.17, 15) is 4.79 Å². The molecule has 0 radical (unpaired) electrons. The summed E-state index contributed by atoms with van der Waals surface area (Å²) in [5.41, 5.74) is 2.09. The second-order valence-corrected chi connectivity index (χ2v) is 6.44. The van der Waals surface area contributed by atoms with E-state index in [0.29, 0.717) is 11.7 Å². The maximum atomic E-state index is 12.3. The van der Waals surface area contributed by atoms with E-state index in [1.807, 2.05) is 19.1 Å². The number of aromatic nitrogens is 1. The predicted octanol–water partition coefficient (Wildman–Crippen LogP) is 2.54. The van der Waals surface area contributed by atoms with Crippen LogP contribution in [0.2, 0.25) is 0 Å². The number of urea groups is 1. The lowest BCUT2D eigenvalue weighted by Crippen LogP contribution is -2.34. The topological polar surface area (TPSA) is 54.5 Å². The Kier molecular flexibility index (Phi) is 2.98. The van der Waals surface area contributed by atoms with Crippen molar-refractivity contribution in [3.8, 4) is 17.6 Å². The smallest absolute Gasteiger partial charge is 0.325 e. The fourth-order valence-electron chi connectivity index (χ4n) is 3.00. The highest BCUT2D eigenvalue weighted by molar-refractivity contribution is 7.22. The number of fused-ring (bicyclic) bond motifs is 3. The van der Waals surface area contributed by atoms with Gasteiger partial charge in [0.05, 0.1) is 22.9 Å². The van der Waals surface area contributed by atoms with Crippen LogP contribution in [0.5, 0.6) is 5.75 Å². The molecule has 0 spiro atoms. The Hall–Kier alpha value is -2.26. The van der Waals surface area contributed by atoms with Crippen LogP contribution in [0.3, 0.4) is 0 Å². The molecule has 2 atom stereocenters. The largest absolute Gasteiger partial charge is 0.493 e. The van der Waals surface area contributed by atoms with Crippen LogP contribution < -0.4 is 15.0 Å². The van der Waals surface area contributed by atoms with Crippen LogP contribution in [0.25, 0.3) is 10.2 Å². The van der Waals surface area contributed by atoms with Gasteiger partial charge < -0.3 is 10.1 Å². The number of benzene rings is 1. The van der Waals surface area contributed by atoms with Crippen molar-refractivity contribution in [3.63, 3.8) is 0 Å². The average molecular weight is 313 g/mol. The zero-order chi connectivity index (χ0) is 15.3. The molecule has 3 heterocycles. The Morgan fingerprint density at radius 3 is 3.18 bits per heavy atom. The van der Waals surface area contributed by atoms with Gasteiger partial charge in [-0.15, -0.1) is 5.92 Å². The van der Waals surface area contributed by atoms with Crippen molar-refractivity contribution >= 4 is 32.7 Å². The quantitative estimate of drug-likeness (QED) is 0.823. The molecular weight excluding hydrogens is 298 g/mol. The molecule has 1 aromatic carbocycles. The molecule has 22 heavy (non-hydrogen) atoms. The third kappa shape index (κ3) is 1.86. The summed E-state index contributed by atoms with van der Waals surface area (Å²) in [7, 11) is 0. The first-order valence-electron chi connectivity index (χ1n) is 7.26. The van der Waals surface area contributed by atoms with E-state index < -0.39 is 0 Å². The molecule has 6 heteroatoms. The first-order chi connectivity index (χ1) is 10.7. The molecule has 1 fully saturated rings. The molecule has 1 unspecified atom stereocenters. The summed E-state index contributed by atoms with van der Waals surface area (Å²) >= 11 is 1.53. The molecule has 2 aliphatic rings. The highest BCUT2D eigenvalue weighted by Gasteiger charge is 2.38. The highest BCUT2D eigenvalue weighted by atomic mass is 32.1. The van der Waals surface area contributed by atoms with Crippen molar-refractivity contribution in [2.75, 3.05) is 11.5 Å². The summed E-state index contributed by atoms with van der Waals surface area (Å²) in [6.07, 6.45) is 0.872. The highest BCUT2D eigenvalue weighted by Crippen LogP contribution is 2.38. The average Bonchev–Trinajstić information content (AvgIpc) is 3.16. The van der Waals surface area contributed by atoms with Crippen molar-refractivity contribution in [1.29, 1.82) is 0 Å². The van der Waals surface area contributed by atoms with Gasteiger partial charge in [0.1, 0.15) is 11.8 Å². The van der Waals surface area contributed by atoms with Crippen molar-refractivity contribution in [3.05, 3.63) is 17.7 Å². The first-order valence-corrected chi connectivity index (χ1v) is 8.08. The summed E-state index contributed by atoms with van der Waals surface area (Å²) in [5.74, 6) is 6.92. The van der Waals surface area contributed by atoms with Crippen LogP contribution >= 0.6 is 11.3 Å². The van der Waals surface area contributed by atoms with Crippen LogP contribution in [0.4, 0.5) is 9.93 Å². The van der Waals surface area contributed by atoms with Gasteiger partial charge in [-0.25, -0.2) is 9.78 Å². The van der Waals surface area contributed by atoms with Crippen molar-refractivity contribution < 1.29 is 9.53 Å². The van der Waals surface area contributed by atoms with Crippen molar-refractivity contribution in [2.24, 2.45) is 0 Å². The van der Waals surface area contributed by atoms with Crippen LogP contribution in [-0.2, 0) is 6.42 Å². The lowest BCUT2D eigenvalue weighted by molar-refractivity contribution is 0.251. The minimum absolute atomic E-state index is 0.0130. The molecule has 5 nitrogen and oxygen atoms in total. The van der Waals surface area contributed by atoms with Crippen molar-refractivity contribution in [2.45, 2.75) is 32.4 Å². The summed E-state index contributed by atoms with van der Waals surface area (Å²) in [5, 5.41) is 3.62. The second-order valence-electron chi connectivity index (χ2n) is 5.43. The summed E-state index contributed by atoms with van der Waals surface area (Å²) < 4.78 is 6.67. The number of hydrogen-bond acceptors (Lipinski definition) is 4. The maximum absolute atomic E-state index is 12.3. The van der Waals surface area contributed by atoms with Crippen molar-refractivity contribution in [1.82, 2.24) is 10.3 Å². The van der Waals surface area contributed by atoms with E-state index in [0.717, 1.165) is 28.0 Å². The van der Waals surface area contributed by atoms with Gasteiger partial charge in [-0.3, -0.25) is 4.90 Å². The van der Waals surface area contributed by atoms with Crippen LogP contribution in [0.15, 0.2) is 12.1 Å². The molecule has 112 valence electrons. The Bertz CT molecular complexity index is 833. The number of anilines is 1. The third-order valence-corrected chi connectivity index (χ3v) is 5.06. The van der Waals surface area contributed by atoms with E-state index in [2.05, 4.69) is 17.2 Å². The minimum Gasteiger partial charge on any atom is -0.493 e. The third-order valence-electron chi connectivity index (χ3n) is 4.04. The Labute approximate surface area is 132 Å². The van der Waals surface area contributed by atoms with E-state index in [1.54, 1.807) is 11.8 Å². The molecule has 4 rings (SSSR count). The van der Waals surface area contributed by atoms with Gasteiger partial charge in [0, 0.05) is 12.0 Å². The summed E-state index contributed by atoms with van der Waals surface area (Å²) in [6.45, 7) is 4.45. The normalized spacial score (nSPS) is 23.0. The molecule has 1 saturated heterocycles. The number of ether oxygens (including phenoxy) is 1. The SMILES string of the molecule is CC#CC1[C@H](C)NC(=O)N1c1nc2c3c(ccc2s1)OCC3. The van der Waals surface area contributed by atoms with E-state index in [4.69, 9.17) is 9.72 Å². The van der Waals surface area contributed by atoms with E-state index in [-0.39, 0.29) is 18.1 Å². The van der Waals surface area contributed by atoms with Gasteiger partial charge in [0.25, 0.3) is 0 Å². The summed E-state index contributed by atoms with van der Waals surface area (Å²) in [6, 6.07) is 3.68. The number of hydrogen-bond donors (Lipinski definition) is 1. The fourth-order valence-corrected chi connectivity index (χ4v) is 4.03. The molecule has 2 amide bonds. The van der Waals surface area contributed by atoms with E-state index in [1.165, 1.54) is 11.3 Å². The lowest BCUT2D eigenvalue weighted by Gasteiger charge is -2.17. The molecular formula is C16H15N3O2S. The van der Waals surface area contributed by atoms with Crippen LogP contribution in [0, 0.1) is 11.8 Å². The zero-order valence-electron chi connectivity index (χ0n) is 12.3. The monoisotopic (exact) mass is 313 g/mol. The molecule has 0 aliphatic carbocycles. The standard InChI is InChI=1S/C16H15N3O2S/c1-3-4-11-9(2)17-15(20)19(11)16-18-14-10-7-8-21-12(10)5-6-13(14)22-16/h5-6,9,11H,7-8H2,1-2H3,(H,17,20)/t9-,11?/m0/s1. The second kappa shape index (κ2) is 4.89. The van der Waals surface area contributed by atoms with Gasteiger partial charge in [-0.05, 0) is 26.0 Å². The lowest BCUT2D eigenvalue weighted by atomic mass is 10.1. The molecule has 1 aromatic heterocycles. The van der Waals surface area contributed by atoms with Gasteiger partial charge in [-0.2, -0.15) is 0 Å². The molecule has 1 N–H and O–H groups in total. The number of carbonyl (C=O) groups is 1. The molecule has 2 aliphatic heterocycles. The number of amides is 2.